The summed E-state index contributed by atoms with van der Waals surface area (Å²) in [6, 6.07) is 10.5. The SMILES string of the molecule is CC1CN(c2ncccc2Cl)CCN1c1cc(-c2ccc(Cl)c(F)c2)nc(N2CCOCC2)n1. The number of piperazine rings is 1. The van der Waals surface area contributed by atoms with Crippen molar-refractivity contribution < 1.29 is 9.13 Å². The Labute approximate surface area is 208 Å². The molecule has 1 aromatic carbocycles. The Morgan fingerprint density at radius 1 is 0.971 bits per heavy atom. The number of rotatable bonds is 4. The third-order valence-electron chi connectivity index (χ3n) is 6.17. The predicted molar refractivity (Wildman–Crippen MR) is 134 cm³/mol. The number of hydrogen-bond acceptors (Lipinski definition) is 7. The summed E-state index contributed by atoms with van der Waals surface area (Å²) in [5.74, 6) is 1.75. The third-order valence-corrected chi connectivity index (χ3v) is 6.77. The smallest absolute Gasteiger partial charge is 0.228 e. The summed E-state index contributed by atoms with van der Waals surface area (Å²) in [6.45, 7) is 7.06. The maximum absolute atomic E-state index is 14.2. The van der Waals surface area contributed by atoms with Crippen LogP contribution in [0.3, 0.4) is 0 Å². The van der Waals surface area contributed by atoms with Crippen molar-refractivity contribution in [2.45, 2.75) is 13.0 Å². The maximum Gasteiger partial charge on any atom is 0.228 e. The van der Waals surface area contributed by atoms with Crippen molar-refractivity contribution in [3.05, 3.63) is 58.5 Å². The fourth-order valence-electron chi connectivity index (χ4n) is 4.38. The highest BCUT2D eigenvalue weighted by Crippen LogP contribution is 2.31. The van der Waals surface area contributed by atoms with Gasteiger partial charge in [-0.25, -0.2) is 14.4 Å². The predicted octanol–water partition coefficient (Wildman–Crippen LogP) is 4.54. The highest BCUT2D eigenvalue weighted by Gasteiger charge is 2.28. The Balaban J connectivity index is 1.47. The first-order valence-electron chi connectivity index (χ1n) is 11.3. The fourth-order valence-corrected chi connectivity index (χ4v) is 4.74. The summed E-state index contributed by atoms with van der Waals surface area (Å²) >= 11 is 12.3. The molecule has 2 aromatic heterocycles. The van der Waals surface area contributed by atoms with Crippen LogP contribution in [0, 0.1) is 5.82 Å². The molecule has 0 N–H and O–H groups in total. The van der Waals surface area contributed by atoms with Gasteiger partial charge in [0.1, 0.15) is 17.5 Å². The van der Waals surface area contributed by atoms with E-state index in [0.29, 0.717) is 48.5 Å². The summed E-state index contributed by atoms with van der Waals surface area (Å²) in [4.78, 5) is 20.7. The Hall–Kier alpha value is -2.68. The number of benzene rings is 1. The first kappa shape index (κ1) is 23.1. The van der Waals surface area contributed by atoms with Crippen molar-refractivity contribution in [3.8, 4) is 11.3 Å². The minimum atomic E-state index is -0.471. The van der Waals surface area contributed by atoms with Crippen LogP contribution in [0.2, 0.25) is 10.0 Å². The van der Waals surface area contributed by atoms with Crippen LogP contribution in [-0.2, 0) is 4.74 Å². The van der Waals surface area contributed by atoms with Crippen molar-refractivity contribution >= 4 is 40.8 Å². The van der Waals surface area contributed by atoms with Crippen LogP contribution < -0.4 is 14.7 Å². The number of anilines is 3. The lowest BCUT2D eigenvalue weighted by Crippen LogP contribution is -2.53. The second-order valence-electron chi connectivity index (χ2n) is 8.44. The Morgan fingerprint density at radius 2 is 1.79 bits per heavy atom. The molecular formula is C24H25Cl2FN6O. The van der Waals surface area contributed by atoms with Gasteiger partial charge >= 0.3 is 0 Å². The van der Waals surface area contributed by atoms with Crippen molar-refractivity contribution in [1.29, 1.82) is 0 Å². The lowest BCUT2D eigenvalue weighted by atomic mass is 10.1. The van der Waals surface area contributed by atoms with Crippen LogP contribution >= 0.6 is 23.2 Å². The van der Waals surface area contributed by atoms with Crippen LogP contribution in [0.5, 0.6) is 0 Å². The van der Waals surface area contributed by atoms with E-state index in [2.05, 4.69) is 26.6 Å². The summed E-state index contributed by atoms with van der Waals surface area (Å²) in [6.07, 6.45) is 1.76. The van der Waals surface area contributed by atoms with Gasteiger partial charge in [-0.3, -0.25) is 0 Å². The summed E-state index contributed by atoms with van der Waals surface area (Å²) in [5.41, 5.74) is 1.32. The van der Waals surface area contributed by atoms with Crippen molar-refractivity contribution in [1.82, 2.24) is 15.0 Å². The van der Waals surface area contributed by atoms with E-state index in [1.54, 1.807) is 18.3 Å². The molecule has 0 bridgehead atoms. The number of morpholine rings is 1. The molecule has 0 saturated carbocycles. The minimum Gasteiger partial charge on any atom is -0.378 e. The second-order valence-corrected chi connectivity index (χ2v) is 9.25. The first-order chi connectivity index (χ1) is 16.5. The van der Waals surface area contributed by atoms with E-state index in [0.717, 1.165) is 31.3 Å². The molecule has 10 heteroatoms. The van der Waals surface area contributed by atoms with Crippen LogP contribution in [0.15, 0.2) is 42.6 Å². The molecule has 3 aromatic rings. The highest BCUT2D eigenvalue weighted by atomic mass is 35.5. The Morgan fingerprint density at radius 3 is 2.53 bits per heavy atom. The first-order valence-corrected chi connectivity index (χ1v) is 12.0. The second kappa shape index (κ2) is 9.90. The zero-order chi connectivity index (χ0) is 23.7. The van der Waals surface area contributed by atoms with E-state index in [1.165, 1.54) is 6.07 Å². The number of halogens is 3. The monoisotopic (exact) mass is 502 g/mol. The zero-order valence-electron chi connectivity index (χ0n) is 18.8. The van der Waals surface area contributed by atoms with E-state index in [1.807, 2.05) is 18.2 Å². The van der Waals surface area contributed by atoms with E-state index < -0.39 is 5.82 Å². The molecule has 1 unspecified atom stereocenters. The van der Waals surface area contributed by atoms with Gasteiger partial charge in [-0.15, -0.1) is 0 Å². The van der Waals surface area contributed by atoms with Crippen LogP contribution in [0.4, 0.5) is 22.0 Å². The van der Waals surface area contributed by atoms with Gasteiger partial charge in [-0.05, 0) is 31.2 Å². The number of nitrogens with zero attached hydrogens (tertiary/aromatic N) is 6. The number of aromatic nitrogens is 3. The standard InChI is InChI=1S/C24H25Cl2FN6O/c1-16-15-32(23-19(26)3-2-6-28-23)7-8-33(16)22-14-21(17-4-5-18(25)20(27)13-17)29-24(30-22)31-9-11-34-12-10-31/h2-6,13-14,16H,7-12,15H2,1H3. The molecule has 0 radical (unpaired) electrons. The number of hydrogen-bond donors (Lipinski definition) is 0. The number of ether oxygens (including phenoxy) is 1. The molecule has 2 aliphatic heterocycles. The van der Waals surface area contributed by atoms with Crippen LogP contribution in [0.1, 0.15) is 6.92 Å². The van der Waals surface area contributed by atoms with Crippen LogP contribution in [-0.4, -0.2) is 66.9 Å². The summed E-state index contributed by atoms with van der Waals surface area (Å²) < 4.78 is 19.7. The minimum absolute atomic E-state index is 0.0874. The normalized spacial score (nSPS) is 18.9. The lowest BCUT2D eigenvalue weighted by molar-refractivity contribution is 0.122. The van der Waals surface area contributed by atoms with Crippen LogP contribution in [0.25, 0.3) is 11.3 Å². The molecule has 2 saturated heterocycles. The van der Waals surface area contributed by atoms with Crippen molar-refractivity contribution in [3.63, 3.8) is 0 Å². The van der Waals surface area contributed by atoms with E-state index in [-0.39, 0.29) is 11.1 Å². The molecule has 7 nitrogen and oxygen atoms in total. The number of pyridine rings is 1. The third kappa shape index (κ3) is 4.76. The van der Waals surface area contributed by atoms with Gasteiger partial charge in [0.05, 0.1) is 29.0 Å². The van der Waals surface area contributed by atoms with Gasteiger partial charge in [0, 0.05) is 56.6 Å². The van der Waals surface area contributed by atoms with E-state index in [9.17, 15) is 4.39 Å². The summed E-state index contributed by atoms with van der Waals surface area (Å²) in [7, 11) is 0. The fraction of sp³-hybridized carbons (Fsp3) is 0.375. The van der Waals surface area contributed by atoms with Crippen molar-refractivity contribution in [2.75, 3.05) is 60.6 Å². The average molecular weight is 503 g/mol. The van der Waals surface area contributed by atoms with Gasteiger partial charge in [0.2, 0.25) is 5.95 Å². The van der Waals surface area contributed by atoms with Gasteiger partial charge in [0.25, 0.3) is 0 Å². The van der Waals surface area contributed by atoms with Crippen molar-refractivity contribution in [2.24, 2.45) is 0 Å². The topological polar surface area (TPSA) is 57.6 Å². The van der Waals surface area contributed by atoms with Gasteiger partial charge in [-0.1, -0.05) is 29.3 Å². The Bertz CT molecular complexity index is 1180. The summed E-state index contributed by atoms with van der Waals surface area (Å²) in [5, 5.41) is 0.733. The molecule has 4 heterocycles. The molecule has 0 amide bonds. The molecule has 178 valence electrons. The zero-order valence-corrected chi connectivity index (χ0v) is 20.3. The molecular weight excluding hydrogens is 478 g/mol. The van der Waals surface area contributed by atoms with Gasteiger partial charge in [0.15, 0.2) is 0 Å². The van der Waals surface area contributed by atoms with E-state index in [4.69, 9.17) is 37.9 Å². The molecule has 0 spiro atoms. The van der Waals surface area contributed by atoms with Gasteiger partial charge in [-0.2, -0.15) is 4.98 Å². The van der Waals surface area contributed by atoms with Gasteiger partial charge < -0.3 is 19.4 Å². The largest absolute Gasteiger partial charge is 0.378 e. The molecule has 0 aliphatic carbocycles. The molecule has 1 atom stereocenters. The van der Waals surface area contributed by atoms with E-state index >= 15 is 0 Å². The molecule has 2 aliphatic rings. The maximum atomic E-state index is 14.2. The molecule has 2 fully saturated rings. The average Bonchev–Trinajstić information content (AvgIpc) is 2.86. The highest BCUT2D eigenvalue weighted by molar-refractivity contribution is 6.33. The lowest BCUT2D eigenvalue weighted by Gasteiger charge is -2.41. The molecule has 5 rings (SSSR count). The Kier molecular flexibility index (Phi) is 6.72. The quantitative estimate of drug-likeness (QED) is 0.519. The molecule has 34 heavy (non-hydrogen) atoms.